The first-order valence-corrected chi connectivity index (χ1v) is 37.8. The Morgan fingerprint density at radius 1 is 0.510 bits per heavy atom. The second-order valence-electron chi connectivity index (χ2n) is 28.7. The van der Waals surface area contributed by atoms with Crippen molar-refractivity contribution in [3.8, 4) is 0 Å². The zero-order valence-corrected chi connectivity index (χ0v) is 61.6. The van der Waals surface area contributed by atoms with Crippen LogP contribution in [-0.4, -0.2) is 248 Å². The molecule has 22 nitrogen and oxygen atoms in total. The molecule has 0 unspecified atom stereocenters. The number of anilines is 4. The number of aromatic nitrogens is 8. The number of carbonyl (C=O) groups is 2. The summed E-state index contributed by atoms with van der Waals surface area (Å²) < 4.78 is 17.8. The first-order valence-electron chi connectivity index (χ1n) is 37.8. The van der Waals surface area contributed by atoms with Gasteiger partial charge in [-0.25, -0.2) is 19.2 Å². The summed E-state index contributed by atoms with van der Waals surface area (Å²) in [6.07, 6.45) is 17.9. The molecule has 0 amide bonds. The van der Waals surface area contributed by atoms with Crippen LogP contribution in [-0.2, 0) is 32.7 Å². The first-order chi connectivity index (χ1) is 49.7. The number of likely N-dealkylation sites (N-methyl/N-ethyl adjacent to an activating group) is 2. The normalized spacial score (nSPS) is 17.9. The molecule has 0 bridgehead atoms. The highest BCUT2D eigenvalue weighted by molar-refractivity contribution is 5.88. The number of halogens is 1. The topological polar surface area (TPSA) is 195 Å². The number of hydrogen-bond donors (Lipinski definition) is 3. The van der Waals surface area contributed by atoms with Crippen molar-refractivity contribution in [1.29, 1.82) is 0 Å². The Bertz CT molecular complexity index is 3630. The van der Waals surface area contributed by atoms with Gasteiger partial charge in [0.2, 0.25) is 11.9 Å². The molecule has 4 aromatic carbocycles. The molecule has 4 aliphatic heterocycles. The zero-order valence-electron chi connectivity index (χ0n) is 61.6. The van der Waals surface area contributed by atoms with Crippen molar-refractivity contribution in [1.82, 2.24) is 73.3 Å². The molecule has 0 spiro atoms. The minimum absolute atomic E-state index is 0.225. The van der Waals surface area contributed by atoms with Gasteiger partial charge in [0.15, 0.2) is 34.0 Å². The number of nitrogens with zero attached hydrogens (tertiary/aromatic N) is 17. The minimum Gasteiger partial charge on any atom is -0.478 e. The Kier molecular flexibility index (Phi) is 27.9. The fraction of sp³-hybridized carbons (Fsp3) is 0.544. The average molecular weight is 1390 g/mol. The number of aryl methyl sites for hydroxylation is 4. The summed E-state index contributed by atoms with van der Waals surface area (Å²) in [5.74, 6) is 2.10. The Balaban J connectivity index is 0.000000158. The molecule has 2 aliphatic carbocycles. The third-order valence-electron chi connectivity index (χ3n) is 21.2. The lowest BCUT2D eigenvalue weighted by atomic mass is 10.1. The Morgan fingerprint density at radius 2 is 0.902 bits per heavy atom. The molecule has 23 heteroatoms. The molecule has 3 N–H and O–H groups in total. The number of imidazole rings is 2. The van der Waals surface area contributed by atoms with Crippen molar-refractivity contribution in [2.75, 3.05) is 165 Å². The van der Waals surface area contributed by atoms with E-state index in [1.165, 1.54) is 106 Å². The van der Waals surface area contributed by atoms with Gasteiger partial charge in [0, 0.05) is 155 Å². The first kappa shape index (κ1) is 75.1. The lowest BCUT2D eigenvalue weighted by molar-refractivity contribution is 0.0696. The summed E-state index contributed by atoms with van der Waals surface area (Å²) in [5.41, 5.74) is 10.5. The van der Waals surface area contributed by atoms with Gasteiger partial charge in [-0.05, 0) is 134 Å². The zero-order chi connectivity index (χ0) is 71.2. The summed E-state index contributed by atoms with van der Waals surface area (Å²) in [6, 6.07) is 31.2. The molecule has 4 aromatic heterocycles. The minimum atomic E-state index is -0.878. The van der Waals surface area contributed by atoms with Crippen molar-refractivity contribution in [2.45, 2.75) is 137 Å². The second kappa shape index (κ2) is 37.9. The van der Waals surface area contributed by atoms with Crippen LogP contribution in [0.2, 0.25) is 0 Å². The van der Waals surface area contributed by atoms with Gasteiger partial charge in [0.1, 0.15) is 12.1 Å². The van der Waals surface area contributed by atoms with E-state index in [0.29, 0.717) is 30.5 Å². The molecule has 8 heterocycles. The number of benzene rings is 4. The van der Waals surface area contributed by atoms with Crippen LogP contribution in [0.5, 0.6) is 0 Å². The van der Waals surface area contributed by atoms with Gasteiger partial charge < -0.3 is 59.2 Å². The molecule has 8 aromatic rings. The molecular formula is C79H112FN19O3. The smallest absolute Gasteiger partial charge is 0.335 e. The number of aldehydes is 1. The molecule has 0 radical (unpaired) electrons. The molecule has 0 atom stereocenters. The van der Waals surface area contributed by atoms with Gasteiger partial charge in [0.25, 0.3) is 0 Å². The third-order valence-corrected chi connectivity index (χ3v) is 21.2. The molecule has 6 fully saturated rings. The fourth-order valence-corrected chi connectivity index (χ4v) is 14.9. The summed E-state index contributed by atoms with van der Waals surface area (Å²) in [4.78, 5) is 72.8. The van der Waals surface area contributed by atoms with Gasteiger partial charge in [-0.2, -0.15) is 19.9 Å². The number of carboxylic acid groups (broad SMARTS) is 1. The van der Waals surface area contributed by atoms with Gasteiger partial charge in [-0.1, -0.05) is 123 Å². The highest BCUT2D eigenvalue weighted by Crippen LogP contribution is 2.32. The van der Waals surface area contributed by atoms with E-state index in [1.54, 1.807) is 24.3 Å². The van der Waals surface area contributed by atoms with Crippen molar-refractivity contribution < 1.29 is 19.1 Å². The van der Waals surface area contributed by atoms with E-state index in [0.717, 1.165) is 206 Å². The number of carboxylic acids is 1. The quantitative estimate of drug-likeness (QED) is 0.0483. The van der Waals surface area contributed by atoms with Gasteiger partial charge in [-0.3, -0.25) is 14.6 Å². The van der Waals surface area contributed by atoms with Crippen LogP contribution in [0, 0.1) is 19.7 Å². The number of carbonyl (C=O) groups excluding carboxylic acids is 1. The lowest BCUT2D eigenvalue weighted by Crippen LogP contribution is -2.50. The standard InChI is InChI=1S/C31H47N9.C30H44FN9.C10H13NO2.C8H8O/c1-3-36-15-17-37(18-16-36)13-6-14-40-24-33-28-29(39-21-19-38(20-22-39)27-7-4-5-8-27)34-31(35-30(28)40)32-23-26-11-9-25(2)10-12-26;1-2-36-14-16-37(17-15-36)12-5-13-40-23-33-27-28(39-20-18-38(19-21-39)26-6-3-4-7-26)34-30(35-29(27)40)32-22-24-8-10-25(31)11-9-24;1-11(2)7-8-3-5-9(6-4-8)10(12)13;1-7-2-4-8(6-9)5-3-7/h9-12,24,27H,3-8,13-23H2,1-2H3,(H,32,34,35);8-11,23,26H,2-7,12-22H2,1H3,(H,32,34,35);3-6H,7H2,1-2H3,(H,12,13);2-6H,1H3. The number of fused-ring (bicyclic) bond motifs is 2. The number of hydrogen-bond acceptors (Lipinski definition) is 19. The second-order valence-corrected chi connectivity index (χ2v) is 28.7. The van der Waals surface area contributed by atoms with Crippen LogP contribution in [0.25, 0.3) is 22.3 Å². The van der Waals surface area contributed by atoms with E-state index in [9.17, 15) is 14.0 Å². The fourth-order valence-electron chi connectivity index (χ4n) is 14.9. The Hall–Kier alpha value is -8.03. The van der Waals surface area contributed by atoms with E-state index in [-0.39, 0.29) is 5.82 Å². The molecule has 102 heavy (non-hydrogen) atoms. The van der Waals surface area contributed by atoms with E-state index in [2.05, 4.69) is 104 Å². The average Bonchev–Trinajstić information content (AvgIpc) is 1.59. The van der Waals surface area contributed by atoms with Crippen LogP contribution >= 0.6 is 0 Å². The van der Waals surface area contributed by atoms with E-state index in [1.807, 2.05) is 75.0 Å². The van der Waals surface area contributed by atoms with E-state index < -0.39 is 5.97 Å². The predicted molar refractivity (Wildman–Crippen MR) is 409 cm³/mol. The van der Waals surface area contributed by atoms with Crippen LogP contribution in [0.4, 0.5) is 27.9 Å². The summed E-state index contributed by atoms with van der Waals surface area (Å²) >= 11 is 0. The summed E-state index contributed by atoms with van der Waals surface area (Å²) in [6.45, 7) is 34.6. The molecule has 2 saturated carbocycles. The van der Waals surface area contributed by atoms with Crippen LogP contribution in [0.1, 0.15) is 127 Å². The molecule has 548 valence electrons. The van der Waals surface area contributed by atoms with Gasteiger partial charge >= 0.3 is 5.97 Å². The number of aromatic carboxylic acids is 1. The van der Waals surface area contributed by atoms with Crippen LogP contribution < -0.4 is 20.4 Å². The number of piperazine rings is 4. The van der Waals surface area contributed by atoms with Crippen molar-refractivity contribution in [3.05, 3.63) is 154 Å². The summed E-state index contributed by atoms with van der Waals surface area (Å²) in [7, 11) is 3.95. The SMILES string of the molecule is CCN1CCN(CCCn2cnc3c(N4CCN(C5CCCC5)CC4)nc(NCc4ccc(C)cc4)nc32)CC1.CCN1CCN(CCCn2cnc3c(N4CCN(C5CCCC5)CC4)nc(NCc4ccc(F)cc4)nc32)CC1.CN(C)Cc1ccc(C(=O)O)cc1.Cc1ccc(C=O)cc1. The molecule has 4 saturated heterocycles. The van der Waals surface area contributed by atoms with E-state index >= 15 is 0 Å². The lowest BCUT2D eigenvalue weighted by Gasteiger charge is -2.38. The predicted octanol–water partition coefficient (Wildman–Crippen LogP) is 10.8. The monoisotopic (exact) mass is 1390 g/mol. The van der Waals surface area contributed by atoms with Crippen LogP contribution in [0.3, 0.4) is 0 Å². The van der Waals surface area contributed by atoms with Crippen molar-refractivity contribution in [3.63, 3.8) is 0 Å². The summed E-state index contributed by atoms with van der Waals surface area (Å²) in [5, 5.41) is 15.6. The van der Waals surface area contributed by atoms with E-state index in [4.69, 9.17) is 35.0 Å². The van der Waals surface area contributed by atoms with Crippen molar-refractivity contribution in [2.24, 2.45) is 0 Å². The maximum Gasteiger partial charge on any atom is 0.335 e. The molecular weight excluding hydrogens is 1280 g/mol. The molecule has 6 aliphatic rings. The third kappa shape index (κ3) is 21.5. The van der Waals surface area contributed by atoms with Crippen LogP contribution in [0.15, 0.2) is 110 Å². The highest BCUT2D eigenvalue weighted by Gasteiger charge is 2.31. The molecule has 14 rings (SSSR count). The highest BCUT2D eigenvalue weighted by atomic mass is 19.1. The number of rotatable bonds is 24. The number of nitrogens with one attached hydrogen (secondary N) is 2. The van der Waals surface area contributed by atoms with Crippen molar-refractivity contribution >= 4 is 58.1 Å². The maximum atomic E-state index is 13.4. The Morgan fingerprint density at radius 3 is 1.29 bits per heavy atom. The maximum absolute atomic E-state index is 13.4. The Labute approximate surface area is 604 Å². The largest absolute Gasteiger partial charge is 0.478 e. The van der Waals surface area contributed by atoms with Gasteiger partial charge in [-0.15, -0.1) is 0 Å². The van der Waals surface area contributed by atoms with Gasteiger partial charge in [0.05, 0.1) is 18.2 Å².